The molecule has 2 rings (SSSR count). The zero-order valence-electron chi connectivity index (χ0n) is 13.9. The fourth-order valence-electron chi connectivity index (χ4n) is 2.90. The minimum absolute atomic E-state index is 0.00633. The Hall–Kier alpha value is -1.92. The highest BCUT2D eigenvalue weighted by atomic mass is 16.4. The number of carboxylic acid groups (broad SMARTS) is 1. The molecule has 1 amide bonds. The minimum atomic E-state index is -0.817. The third-order valence-corrected chi connectivity index (χ3v) is 4.27. The monoisotopic (exact) mass is 322 g/mol. The van der Waals surface area contributed by atoms with Gasteiger partial charge >= 0.3 is 5.97 Å². The number of carboxylic acids is 1. The Labute approximate surface area is 136 Å². The van der Waals surface area contributed by atoms with Crippen molar-refractivity contribution in [1.29, 1.82) is 0 Å². The summed E-state index contributed by atoms with van der Waals surface area (Å²) in [6, 6.07) is -0.00633. The van der Waals surface area contributed by atoms with Crippen LogP contribution in [0.1, 0.15) is 62.9 Å². The van der Waals surface area contributed by atoms with Crippen molar-refractivity contribution in [3.63, 3.8) is 0 Å². The fraction of sp³-hybridized carbons (Fsp3) is 0.750. The van der Waals surface area contributed by atoms with Crippen molar-refractivity contribution in [1.82, 2.24) is 19.9 Å². The van der Waals surface area contributed by atoms with Crippen LogP contribution in [-0.2, 0) is 11.3 Å². The van der Waals surface area contributed by atoms with Crippen LogP contribution < -0.4 is 0 Å². The number of likely N-dealkylation sites (tertiary alicyclic amines) is 1. The van der Waals surface area contributed by atoms with E-state index in [1.54, 1.807) is 15.8 Å². The lowest BCUT2D eigenvalue weighted by molar-refractivity contribution is -0.137. The number of nitrogens with zero attached hydrogens (tertiary/aromatic N) is 4. The van der Waals surface area contributed by atoms with Gasteiger partial charge < -0.3 is 10.0 Å². The second-order valence-electron chi connectivity index (χ2n) is 6.63. The van der Waals surface area contributed by atoms with Crippen LogP contribution in [0, 0.1) is 5.92 Å². The van der Waals surface area contributed by atoms with Gasteiger partial charge in [0.1, 0.15) is 0 Å². The lowest BCUT2D eigenvalue weighted by Crippen LogP contribution is -2.44. The van der Waals surface area contributed by atoms with Crippen molar-refractivity contribution in [3.05, 3.63) is 11.9 Å². The van der Waals surface area contributed by atoms with Crippen molar-refractivity contribution >= 4 is 11.9 Å². The number of amides is 1. The van der Waals surface area contributed by atoms with Gasteiger partial charge in [0.05, 0.1) is 6.20 Å². The number of aryl methyl sites for hydroxylation is 1. The third kappa shape index (κ3) is 5.04. The van der Waals surface area contributed by atoms with Crippen LogP contribution in [0.4, 0.5) is 0 Å². The standard InChI is InChI=1S/C16H26N4O3/c1-12(2)8-10-19-11-14(17-18-19)16(23)20-9-4-3-5-13(20)6-7-15(21)22/h11-13H,3-10H2,1-2H3,(H,21,22). The lowest BCUT2D eigenvalue weighted by atomic mass is 9.97. The van der Waals surface area contributed by atoms with Crippen LogP contribution in [0.3, 0.4) is 0 Å². The van der Waals surface area contributed by atoms with Gasteiger partial charge in [-0.1, -0.05) is 19.1 Å². The summed E-state index contributed by atoms with van der Waals surface area (Å²) in [5.41, 5.74) is 0.357. The molecule has 0 saturated carbocycles. The summed E-state index contributed by atoms with van der Waals surface area (Å²) in [5.74, 6) is -0.376. The van der Waals surface area contributed by atoms with E-state index in [1.165, 1.54) is 0 Å². The molecule has 0 aromatic carbocycles. The predicted molar refractivity (Wildman–Crippen MR) is 85.0 cm³/mol. The summed E-state index contributed by atoms with van der Waals surface area (Å²) >= 11 is 0. The van der Waals surface area contributed by atoms with Crippen molar-refractivity contribution in [3.8, 4) is 0 Å². The van der Waals surface area contributed by atoms with Gasteiger partial charge in [-0.3, -0.25) is 14.3 Å². The molecule has 1 fully saturated rings. The van der Waals surface area contributed by atoms with E-state index in [4.69, 9.17) is 5.11 Å². The maximum Gasteiger partial charge on any atom is 0.303 e. The van der Waals surface area contributed by atoms with Crippen molar-refractivity contribution < 1.29 is 14.7 Å². The highest BCUT2D eigenvalue weighted by molar-refractivity contribution is 5.92. The molecule has 0 aliphatic carbocycles. The smallest absolute Gasteiger partial charge is 0.303 e. The van der Waals surface area contributed by atoms with Gasteiger partial charge in [0.25, 0.3) is 5.91 Å². The number of aromatic nitrogens is 3. The molecule has 1 N–H and O–H groups in total. The summed E-state index contributed by atoms with van der Waals surface area (Å²) in [5, 5.41) is 16.9. The highest BCUT2D eigenvalue weighted by Crippen LogP contribution is 2.22. The molecule has 1 saturated heterocycles. The van der Waals surface area contributed by atoms with E-state index < -0.39 is 5.97 Å². The Morgan fingerprint density at radius 2 is 2.17 bits per heavy atom. The van der Waals surface area contributed by atoms with Crippen LogP contribution in [0.15, 0.2) is 6.20 Å². The lowest BCUT2D eigenvalue weighted by Gasteiger charge is -2.35. The molecule has 1 aromatic heterocycles. The zero-order chi connectivity index (χ0) is 16.8. The maximum atomic E-state index is 12.7. The van der Waals surface area contributed by atoms with E-state index in [0.29, 0.717) is 24.6 Å². The molecule has 1 aliphatic rings. The summed E-state index contributed by atoms with van der Waals surface area (Å²) in [6.07, 6.45) is 6.14. The number of aliphatic carboxylic acids is 1. The molecular weight excluding hydrogens is 296 g/mol. The minimum Gasteiger partial charge on any atom is -0.481 e. The normalized spacial score (nSPS) is 18.4. The fourth-order valence-corrected chi connectivity index (χ4v) is 2.90. The second-order valence-corrected chi connectivity index (χ2v) is 6.63. The first-order chi connectivity index (χ1) is 11.0. The van der Waals surface area contributed by atoms with Crippen molar-refractivity contribution in [2.75, 3.05) is 6.54 Å². The van der Waals surface area contributed by atoms with E-state index in [-0.39, 0.29) is 18.4 Å². The van der Waals surface area contributed by atoms with E-state index in [2.05, 4.69) is 24.2 Å². The molecule has 128 valence electrons. The Morgan fingerprint density at radius 3 is 2.87 bits per heavy atom. The summed E-state index contributed by atoms with van der Waals surface area (Å²) in [7, 11) is 0. The number of carbonyl (C=O) groups is 2. The molecule has 0 bridgehead atoms. The number of carbonyl (C=O) groups excluding carboxylic acids is 1. The van der Waals surface area contributed by atoms with E-state index in [1.807, 2.05) is 0 Å². The third-order valence-electron chi connectivity index (χ3n) is 4.27. The number of hydrogen-bond acceptors (Lipinski definition) is 4. The maximum absolute atomic E-state index is 12.7. The van der Waals surface area contributed by atoms with Crippen LogP contribution >= 0.6 is 0 Å². The first-order valence-electron chi connectivity index (χ1n) is 8.40. The van der Waals surface area contributed by atoms with Crippen LogP contribution in [-0.4, -0.2) is 49.5 Å². The second kappa shape index (κ2) is 8.08. The van der Waals surface area contributed by atoms with E-state index in [0.717, 1.165) is 32.2 Å². The Morgan fingerprint density at radius 1 is 1.39 bits per heavy atom. The van der Waals surface area contributed by atoms with Crippen LogP contribution in [0.5, 0.6) is 0 Å². The van der Waals surface area contributed by atoms with Crippen LogP contribution in [0.2, 0.25) is 0 Å². The van der Waals surface area contributed by atoms with Gasteiger partial charge in [0.15, 0.2) is 5.69 Å². The molecule has 7 heteroatoms. The average molecular weight is 322 g/mol. The Balaban J connectivity index is 2.00. The zero-order valence-corrected chi connectivity index (χ0v) is 13.9. The Kier molecular flexibility index (Phi) is 6.12. The molecule has 23 heavy (non-hydrogen) atoms. The predicted octanol–water partition coefficient (Wildman–Crippen LogP) is 2.18. The van der Waals surface area contributed by atoms with Gasteiger partial charge in [-0.25, -0.2) is 0 Å². The molecule has 0 spiro atoms. The molecule has 1 unspecified atom stereocenters. The molecule has 2 heterocycles. The quantitative estimate of drug-likeness (QED) is 0.831. The van der Waals surface area contributed by atoms with E-state index in [9.17, 15) is 9.59 Å². The number of hydrogen-bond donors (Lipinski definition) is 1. The first-order valence-corrected chi connectivity index (χ1v) is 8.40. The largest absolute Gasteiger partial charge is 0.481 e. The summed E-state index contributed by atoms with van der Waals surface area (Å²) in [4.78, 5) is 25.2. The van der Waals surface area contributed by atoms with Gasteiger partial charge in [-0.05, 0) is 38.0 Å². The van der Waals surface area contributed by atoms with Crippen molar-refractivity contribution in [2.24, 2.45) is 5.92 Å². The highest BCUT2D eigenvalue weighted by Gasteiger charge is 2.29. The molecule has 1 atom stereocenters. The molecule has 1 aromatic rings. The average Bonchev–Trinajstić information content (AvgIpc) is 2.99. The van der Waals surface area contributed by atoms with E-state index >= 15 is 0 Å². The molecular formula is C16H26N4O3. The summed E-state index contributed by atoms with van der Waals surface area (Å²) < 4.78 is 1.71. The molecule has 7 nitrogen and oxygen atoms in total. The summed E-state index contributed by atoms with van der Waals surface area (Å²) in [6.45, 7) is 5.70. The molecule has 1 aliphatic heterocycles. The van der Waals surface area contributed by atoms with Gasteiger partial charge in [0.2, 0.25) is 0 Å². The number of rotatable bonds is 7. The Bertz CT molecular complexity index is 541. The van der Waals surface area contributed by atoms with Crippen LogP contribution in [0.25, 0.3) is 0 Å². The van der Waals surface area contributed by atoms with Gasteiger partial charge in [-0.2, -0.15) is 0 Å². The SMILES string of the molecule is CC(C)CCn1cc(C(=O)N2CCCCC2CCC(=O)O)nn1. The molecule has 0 radical (unpaired) electrons. The van der Waals surface area contributed by atoms with Gasteiger partial charge in [-0.15, -0.1) is 5.10 Å². The topological polar surface area (TPSA) is 88.3 Å². The number of piperidine rings is 1. The first kappa shape index (κ1) is 17.4. The van der Waals surface area contributed by atoms with Crippen molar-refractivity contribution in [2.45, 2.75) is 65.0 Å². The van der Waals surface area contributed by atoms with Gasteiger partial charge in [0, 0.05) is 25.6 Å².